The van der Waals surface area contributed by atoms with E-state index in [4.69, 9.17) is 26.2 Å². The SMILES string of the molecule is COc1ccc(-c2nc(C(=O)O)cs2)cc1OCc1cccc(Cl)c1. The van der Waals surface area contributed by atoms with Crippen molar-refractivity contribution in [2.24, 2.45) is 0 Å². The zero-order valence-electron chi connectivity index (χ0n) is 13.2. The molecular weight excluding hydrogens is 362 g/mol. The number of ether oxygens (including phenoxy) is 2. The van der Waals surface area contributed by atoms with Gasteiger partial charge in [0.25, 0.3) is 0 Å². The zero-order chi connectivity index (χ0) is 17.8. The van der Waals surface area contributed by atoms with Crippen LogP contribution in [0.25, 0.3) is 10.6 Å². The first-order chi connectivity index (χ1) is 12.1. The van der Waals surface area contributed by atoms with E-state index in [1.165, 1.54) is 16.7 Å². The maximum atomic E-state index is 11.0. The van der Waals surface area contributed by atoms with Gasteiger partial charge >= 0.3 is 5.97 Å². The third-order valence-corrected chi connectivity index (χ3v) is 4.54. The molecule has 3 aromatic rings. The van der Waals surface area contributed by atoms with Crippen molar-refractivity contribution in [3.05, 3.63) is 64.1 Å². The number of methoxy groups -OCH3 is 1. The lowest BCUT2D eigenvalue weighted by atomic mass is 10.2. The van der Waals surface area contributed by atoms with Gasteiger partial charge in [0, 0.05) is 16.0 Å². The molecule has 0 aliphatic heterocycles. The molecule has 0 saturated heterocycles. The van der Waals surface area contributed by atoms with E-state index in [-0.39, 0.29) is 5.69 Å². The second-order valence-electron chi connectivity index (χ2n) is 5.13. The number of benzene rings is 2. The highest BCUT2D eigenvalue weighted by atomic mass is 35.5. The largest absolute Gasteiger partial charge is 0.493 e. The molecule has 0 aliphatic rings. The summed E-state index contributed by atoms with van der Waals surface area (Å²) in [6.45, 7) is 0.332. The molecule has 7 heteroatoms. The van der Waals surface area contributed by atoms with Gasteiger partial charge in [-0.2, -0.15) is 0 Å². The van der Waals surface area contributed by atoms with Crippen LogP contribution < -0.4 is 9.47 Å². The highest BCUT2D eigenvalue weighted by Gasteiger charge is 2.13. The van der Waals surface area contributed by atoms with Crippen LogP contribution in [0.15, 0.2) is 47.8 Å². The molecule has 1 heterocycles. The average molecular weight is 376 g/mol. The van der Waals surface area contributed by atoms with E-state index in [1.54, 1.807) is 25.3 Å². The number of carbonyl (C=O) groups is 1. The Balaban J connectivity index is 1.85. The number of hydrogen-bond donors (Lipinski definition) is 1. The summed E-state index contributed by atoms with van der Waals surface area (Å²) in [5, 5.41) is 11.8. The van der Waals surface area contributed by atoms with E-state index in [0.29, 0.717) is 28.1 Å². The first-order valence-corrected chi connectivity index (χ1v) is 8.57. The lowest BCUT2D eigenvalue weighted by Gasteiger charge is -2.12. The highest BCUT2D eigenvalue weighted by Crippen LogP contribution is 2.34. The summed E-state index contributed by atoms with van der Waals surface area (Å²) in [6.07, 6.45) is 0. The lowest BCUT2D eigenvalue weighted by Crippen LogP contribution is -1.98. The number of aromatic nitrogens is 1. The van der Waals surface area contributed by atoms with Crippen LogP contribution in [0.4, 0.5) is 0 Å². The van der Waals surface area contributed by atoms with E-state index in [2.05, 4.69) is 4.98 Å². The second kappa shape index (κ2) is 7.55. The van der Waals surface area contributed by atoms with Gasteiger partial charge in [0.15, 0.2) is 17.2 Å². The van der Waals surface area contributed by atoms with Crippen LogP contribution in [-0.2, 0) is 6.61 Å². The van der Waals surface area contributed by atoms with Crippen LogP contribution in [0.5, 0.6) is 11.5 Å². The summed E-state index contributed by atoms with van der Waals surface area (Å²) in [5.41, 5.74) is 1.72. The van der Waals surface area contributed by atoms with Gasteiger partial charge in [-0.1, -0.05) is 23.7 Å². The Hall–Kier alpha value is -2.57. The molecule has 128 valence electrons. The number of halogens is 1. The molecule has 1 N–H and O–H groups in total. The number of thiazole rings is 1. The van der Waals surface area contributed by atoms with Gasteiger partial charge in [0.05, 0.1) is 7.11 Å². The Morgan fingerprint density at radius 2 is 2.08 bits per heavy atom. The number of rotatable bonds is 6. The summed E-state index contributed by atoms with van der Waals surface area (Å²) in [4.78, 5) is 15.1. The molecule has 0 atom stereocenters. The first kappa shape index (κ1) is 17.3. The summed E-state index contributed by atoms with van der Waals surface area (Å²) in [6, 6.07) is 12.8. The topological polar surface area (TPSA) is 68.7 Å². The predicted molar refractivity (Wildman–Crippen MR) is 96.8 cm³/mol. The Labute approximate surface area is 153 Å². The van der Waals surface area contributed by atoms with Crippen LogP contribution in [0.2, 0.25) is 5.02 Å². The van der Waals surface area contributed by atoms with E-state index in [0.717, 1.165) is 11.1 Å². The van der Waals surface area contributed by atoms with Crippen molar-refractivity contribution in [3.63, 3.8) is 0 Å². The Morgan fingerprint density at radius 3 is 2.76 bits per heavy atom. The van der Waals surface area contributed by atoms with E-state index in [1.807, 2.05) is 24.3 Å². The Kier molecular flexibility index (Phi) is 5.21. The minimum atomic E-state index is -1.05. The van der Waals surface area contributed by atoms with Gasteiger partial charge in [-0.25, -0.2) is 9.78 Å². The molecule has 3 rings (SSSR count). The molecule has 0 amide bonds. The van der Waals surface area contributed by atoms with Gasteiger partial charge in [0.1, 0.15) is 11.6 Å². The molecule has 0 radical (unpaired) electrons. The van der Waals surface area contributed by atoms with Crippen LogP contribution in [-0.4, -0.2) is 23.2 Å². The monoisotopic (exact) mass is 375 g/mol. The fourth-order valence-corrected chi connectivity index (χ4v) is 3.22. The van der Waals surface area contributed by atoms with Gasteiger partial charge in [-0.3, -0.25) is 0 Å². The van der Waals surface area contributed by atoms with Crippen molar-refractivity contribution in [1.82, 2.24) is 4.98 Å². The molecule has 0 saturated carbocycles. The molecule has 0 aliphatic carbocycles. The van der Waals surface area contributed by atoms with Crippen molar-refractivity contribution in [2.75, 3.05) is 7.11 Å². The van der Waals surface area contributed by atoms with Crippen molar-refractivity contribution in [1.29, 1.82) is 0 Å². The van der Waals surface area contributed by atoms with Gasteiger partial charge < -0.3 is 14.6 Å². The Bertz CT molecular complexity index is 910. The number of aromatic carboxylic acids is 1. The van der Waals surface area contributed by atoms with Crippen molar-refractivity contribution in [3.8, 4) is 22.1 Å². The summed E-state index contributed by atoms with van der Waals surface area (Å²) >= 11 is 7.25. The smallest absolute Gasteiger partial charge is 0.355 e. The standard InChI is InChI=1S/C18H14ClNO4S/c1-23-15-6-5-12(17-20-14(10-25-17)18(21)22)8-16(15)24-9-11-3-2-4-13(19)7-11/h2-8,10H,9H2,1H3,(H,21,22). The molecule has 1 aromatic heterocycles. The number of nitrogens with zero attached hydrogens (tertiary/aromatic N) is 1. The maximum absolute atomic E-state index is 11.0. The summed E-state index contributed by atoms with van der Waals surface area (Å²) in [5.74, 6) is 0.0845. The maximum Gasteiger partial charge on any atom is 0.355 e. The van der Waals surface area contributed by atoms with Crippen LogP contribution in [0, 0.1) is 0 Å². The van der Waals surface area contributed by atoms with Crippen LogP contribution in [0.1, 0.15) is 16.1 Å². The van der Waals surface area contributed by atoms with E-state index in [9.17, 15) is 4.79 Å². The Morgan fingerprint density at radius 1 is 1.24 bits per heavy atom. The zero-order valence-corrected chi connectivity index (χ0v) is 14.8. The fourth-order valence-electron chi connectivity index (χ4n) is 2.21. The quantitative estimate of drug-likeness (QED) is 0.673. The molecule has 25 heavy (non-hydrogen) atoms. The molecule has 0 fully saturated rings. The van der Waals surface area contributed by atoms with Gasteiger partial charge in [-0.05, 0) is 35.9 Å². The van der Waals surface area contributed by atoms with Crippen LogP contribution >= 0.6 is 22.9 Å². The molecule has 2 aromatic carbocycles. The van der Waals surface area contributed by atoms with Gasteiger partial charge in [-0.15, -0.1) is 11.3 Å². The number of carboxylic acid groups (broad SMARTS) is 1. The minimum Gasteiger partial charge on any atom is -0.493 e. The molecule has 0 unspecified atom stereocenters. The third kappa shape index (κ3) is 4.10. The number of carboxylic acids is 1. The first-order valence-electron chi connectivity index (χ1n) is 7.31. The number of hydrogen-bond acceptors (Lipinski definition) is 5. The lowest BCUT2D eigenvalue weighted by molar-refractivity contribution is 0.0691. The minimum absolute atomic E-state index is 0.0252. The fraction of sp³-hybridized carbons (Fsp3) is 0.111. The van der Waals surface area contributed by atoms with Crippen molar-refractivity contribution >= 4 is 28.9 Å². The summed E-state index contributed by atoms with van der Waals surface area (Å²) in [7, 11) is 1.56. The van der Waals surface area contributed by atoms with Crippen molar-refractivity contribution < 1.29 is 19.4 Å². The van der Waals surface area contributed by atoms with Crippen LogP contribution in [0.3, 0.4) is 0 Å². The molecule has 0 bridgehead atoms. The highest BCUT2D eigenvalue weighted by molar-refractivity contribution is 7.13. The van der Waals surface area contributed by atoms with E-state index < -0.39 is 5.97 Å². The average Bonchev–Trinajstić information content (AvgIpc) is 3.10. The second-order valence-corrected chi connectivity index (χ2v) is 6.42. The van der Waals surface area contributed by atoms with Crippen molar-refractivity contribution in [2.45, 2.75) is 6.61 Å². The third-order valence-electron chi connectivity index (χ3n) is 3.42. The van der Waals surface area contributed by atoms with Gasteiger partial charge in [0.2, 0.25) is 0 Å². The molecule has 0 spiro atoms. The normalized spacial score (nSPS) is 10.5. The van der Waals surface area contributed by atoms with E-state index >= 15 is 0 Å². The molecular formula is C18H14ClNO4S. The molecule has 5 nitrogen and oxygen atoms in total. The summed E-state index contributed by atoms with van der Waals surface area (Å²) < 4.78 is 11.2. The predicted octanol–water partition coefficient (Wildman–Crippen LogP) is 4.75.